The predicted octanol–water partition coefficient (Wildman–Crippen LogP) is 5.21. The molecule has 0 saturated carbocycles. The van der Waals surface area contributed by atoms with Crippen molar-refractivity contribution in [3.05, 3.63) is 68.8 Å². The van der Waals surface area contributed by atoms with E-state index in [2.05, 4.69) is 22.0 Å². The highest BCUT2D eigenvalue weighted by molar-refractivity contribution is 9.10. The Labute approximate surface area is 130 Å². The van der Waals surface area contributed by atoms with Gasteiger partial charge < -0.3 is 10.2 Å². The summed E-state index contributed by atoms with van der Waals surface area (Å²) in [7, 11) is 0. The van der Waals surface area contributed by atoms with E-state index in [9.17, 15) is 0 Å². The van der Waals surface area contributed by atoms with Crippen molar-refractivity contribution in [2.24, 2.45) is 5.73 Å². The summed E-state index contributed by atoms with van der Waals surface area (Å²) in [6.07, 6.45) is 0. The molecule has 0 spiro atoms. The van der Waals surface area contributed by atoms with Gasteiger partial charge in [0.2, 0.25) is 0 Å². The molecule has 0 amide bonds. The molecule has 102 valence electrons. The molecule has 0 aliphatic heterocycles. The van der Waals surface area contributed by atoms with Crippen LogP contribution in [0.4, 0.5) is 0 Å². The molecule has 1 atom stereocenters. The fourth-order valence-corrected chi connectivity index (χ4v) is 2.69. The van der Waals surface area contributed by atoms with Gasteiger partial charge in [-0.1, -0.05) is 51.8 Å². The number of benzene rings is 2. The Balaban J connectivity index is 2.05. The third kappa shape index (κ3) is 2.37. The normalized spacial score (nSPS) is 12.8. The fraction of sp³-hybridized carbons (Fsp3) is 0.125. The first kappa shape index (κ1) is 13.7. The zero-order valence-electron chi connectivity index (χ0n) is 10.9. The van der Waals surface area contributed by atoms with Gasteiger partial charge in [-0.05, 0) is 36.2 Å². The molecule has 0 aliphatic rings. The van der Waals surface area contributed by atoms with Crippen LogP contribution in [0.3, 0.4) is 0 Å². The number of fused-ring (bicyclic) bond motifs is 1. The summed E-state index contributed by atoms with van der Waals surface area (Å²) in [5.74, 6) is 0.717. The Morgan fingerprint density at radius 1 is 1.20 bits per heavy atom. The van der Waals surface area contributed by atoms with E-state index in [4.69, 9.17) is 21.8 Å². The zero-order valence-corrected chi connectivity index (χ0v) is 13.2. The van der Waals surface area contributed by atoms with Gasteiger partial charge in [0, 0.05) is 9.86 Å². The molecule has 2 N–H and O–H groups in total. The Morgan fingerprint density at radius 3 is 2.70 bits per heavy atom. The number of nitrogens with two attached hydrogens (primary N) is 1. The number of hydrogen-bond donors (Lipinski definition) is 1. The molecular weight excluding hydrogens is 338 g/mol. The van der Waals surface area contributed by atoms with Gasteiger partial charge in [-0.25, -0.2) is 0 Å². The highest BCUT2D eigenvalue weighted by Crippen LogP contribution is 2.31. The molecule has 0 saturated heterocycles. The first-order valence-electron chi connectivity index (χ1n) is 6.26. The van der Waals surface area contributed by atoms with E-state index in [0.29, 0.717) is 10.6 Å². The van der Waals surface area contributed by atoms with Crippen LogP contribution in [0.5, 0.6) is 0 Å². The monoisotopic (exact) mass is 349 g/mol. The lowest BCUT2D eigenvalue weighted by Crippen LogP contribution is -2.10. The quantitative estimate of drug-likeness (QED) is 0.689. The maximum Gasteiger partial charge on any atom is 0.152 e. The van der Waals surface area contributed by atoms with Crippen LogP contribution in [0.1, 0.15) is 22.9 Å². The molecule has 4 heteroatoms. The van der Waals surface area contributed by atoms with Gasteiger partial charge in [-0.15, -0.1) is 0 Å². The van der Waals surface area contributed by atoms with Crippen molar-refractivity contribution >= 4 is 38.5 Å². The largest absolute Gasteiger partial charge is 0.457 e. The molecule has 2 aromatic carbocycles. The van der Waals surface area contributed by atoms with E-state index in [0.717, 1.165) is 26.7 Å². The van der Waals surface area contributed by atoms with E-state index < -0.39 is 0 Å². The Kier molecular flexibility index (Phi) is 3.59. The number of hydrogen-bond acceptors (Lipinski definition) is 2. The van der Waals surface area contributed by atoms with Crippen LogP contribution in [0.15, 0.2) is 51.4 Å². The standard InChI is InChI=1S/C16H13BrClNO/c1-9-7-10(5-6-12(9)17)15(19)14-8-11-3-2-4-13(18)16(11)20-14/h2-8,15H,19H2,1H3. The fourth-order valence-electron chi connectivity index (χ4n) is 2.23. The number of aryl methyl sites for hydroxylation is 1. The van der Waals surface area contributed by atoms with Crippen LogP contribution >= 0.6 is 27.5 Å². The molecule has 1 heterocycles. The second kappa shape index (κ2) is 5.24. The summed E-state index contributed by atoms with van der Waals surface area (Å²) >= 11 is 9.62. The topological polar surface area (TPSA) is 39.2 Å². The predicted molar refractivity (Wildman–Crippen MR) is 86.1 cm³/mol. The minimum atomic E-state index is -0.301. The van der Waals surface area contributed by atoms with E-state index in [1.807, 2.05) is 43.3 Å². The van der Waals surface area contributed by atoms with Crippen molar-refractivity contribution in [1.82, 2.24) is 0 Å². The Morgan fingerprint density at radius 2 is 2.00 bits per heavy atom. The molecule has 3 aromatic rings. The number of halogens is 2. The molecule has 0 bridgehead atoms. The molecule has 0 radical (unpaired) electrons. The van der Waals surface area contributed by atoms with E-state index >= 15 is 0 Å². The van der Waals surface area contributed by atoms with Gasteiger partial charge in [-0.2, -0.15) is 0 Å². The van der Waals surface area contributed by atoms with Crippen LogP contribution in [-0.2, 0) is 0 Å². The van der Waals surface area contributed by atoms with Gasteiger partial charge in [-0.3, -0.25) is 0 Å². The minimum Gasteiger partial charge on any atom is -0.457 e. The number of furan rings is 1. The van der Waals surface area contributed by atoms with Crippen molar-refractivity contribution in [1.29, 1.82) is 0 Å². The Hall–Kier alpha value is -1.29. The van der Waals surface area contributed by atoms with Gasteiger partial charge in [0.1, 0.15) is 5.76 Å². The maximum atomic E-state index is 6.30. The van der Waals surface area contributed by atoms with E-state index in [1.54, 1.807) is 0 Å². The molecule has 0 fully saturated rings. The third-order valence-corrected chi connectivity index (χ3v) is 4.55. The molecule has 3 rings (SSSR count). The average Bonchev–Trinajstić information content (AvgIpc) is 2.86. The van der Waals surface area contributed by atoms with Crippen LogP contribution in [0, 0.1) is 6.92 Å². The lowest BCUT2D eigenvalue weighted by molar-refractivity contribution is 0.525. The lowest BCUT2D eigenvalue weighted by atomic mass is 10.0. The van der Waals surface area contributed by atoms with Crippen LogP contribution in [0.25, 0.3) is 11.0 Å². The van der Waals surface area contributed by atoms with Gasteiger partial charge in [0.15, 0.2) is 5.58 Å². The average molecular weight is 351 g/mol. The first-order valence-corrected chi connectivity index (χ1v) is 7.43. The second-order valence-electron chi connectivity index (χ2n) is 4.79. The lowest BCUT2D eigenvalue weighted by Gasteiger charge is -2.10. The van der Waals surface area contributed by atoms with Gasteiger partial charge in [0.25, 0.3) is 0 Å². The number of para-hydroxylation sites is 1. The van der Waals surface area contributed by atoms with Crippen molar-refractivity contribution in [2.75, 3.05) is 0 Å². The summed E-state index contributed by atoms with van der Waals surface area (Å²) in [5, 5.41) is 1.57. The summed E-state index contributed by atoms with van der Waals surface area (Å²) < 4.78 is 6.89. The molecule has 0 aliphatic carbocycles. The van der Waals surface area contributed by atoms with Gasteiger partial charge >= 0.3 is 0 Å². The summed E-state index contributed by atoms with van der Waals surface area (Å²) in [4.78, 5) is 0. The molecule has 1 unspecified atom stereocenters. The smallest absolute Gasteiger partial charge is 0.152 e. The van der Waals surface area contributed by atoms with Crippen LogP contribution < -0.4 is 5.73 Å². The summed E-state index contributed by atoms with van der Waals surface area (Å²) in [6, 6.07) is 13.4. The highest BCUT2D eigenvalue weighted by Gasteiger charge is 2.16. The summed E-state index contributed by atoms with van der Waals surface area (Å²) in [6.45, 7) is 2.04. The number of rotatable bonds is 2. The molecule has 2 nitrogen and oxygen atoms in total. The SMILES string of the molecule is Cc1cc(C(N)c2cc3cccc(Cl)c3o2)ccc1Br. The summed E-state index contributed by atoms with van der Waals surface area (Å²) in [5.41, 5.74) is 9.15. The highest BCUT2D eigenvalue weighted by atomic mass is 79.9. The third-order valence-electron chi connectivity index (χ3n) is 3.36. The molecule has 1 aromatic heterocycles. The van der Waals surface area contributed by atoms with Crippen LogP contribution in [0.2, 0.25) is 5.02 Å². The second-order valence-corrected chi connectivity index (χ2v) is 6.05. The first-order chi connectivity index (χ1) is 9.56. The maximum absolute atomic E-state index is 6.30. The minimum absolute atomic E-state index is 0.301. The van der Waals surface area contributed by atoms with Crippen LogP contribution in [-0.4, -0.2) is 0 Å². The van der Waals surface area contributed by atoms with E-state index in [1.165, 1.54) is 0 Å². The molecule has 20 heavy (non-hydrogen) atoms. The van der Waals surface area contributed by atoms with Crippen molar-refractivity contribution in [3.8, 4) is 0 Å². The molecular formula is C16H13BrClNO. The van der Waals surface area contributed by atoms with Crippen molar-refractivity contribution in [2.45, 2.75) is 13.0 Å². The van der Waals surface area contributed by atoms with Crippen molar-refractivity contribution in [3.63, 3.8) is 0 Å². The van der Waals surface area contributed by atoms with Gasteiger partial charge in [0.05, 0.1) is 11.1 Å². The van der Waals surface area contributed by atoms with E-state index in [-0.39, 0.29) is 6.04 Å². The van der Waals surface area contributed by atoms with Crippen molar-refractivity contribution < 1.29 is 4.42 Å². The Bertz CT molecular complexity index is 781. The zero-order chi connectivity index (χ0) is 14.3.